The van der Waals surface area contributed by atoms with Crippen molar-refractivity contribution in [2.45, 2.75) is 11.4 Å². The van der Waals surface area contributed by atoms with Crippen molar-refractivity contribution in [3.8, 4) is 11.5 Å². The fraction of sp³-hybridized carbons (Fsp3) is 0.200. The number of nitro benzene ring substituents is 1. The van der Waals surface area contributed by atoms with E-state index in [0.717, 1.165) is 6.07 Å². The van der Waals surface area contributed by atoms with E-state index in [2.05, 4.69) is 4.72 Å². The smallest absolute Gasteiger partial charge is 0.289 e. The highest BCUT2D eigenvalue weighted by atomic mass is 35.5. The molecule has 1 N–H and O–H groups in total. The lowest BCUT2D eigenvalue weighted by Gasteiger charge is -2.11. The molecule has 0 saturated carbocycles. The van der Waals surface area contributed by atoms with Gasteiger partial charge in [0.05, 0.1) is 24.0 Å². The van der Waals surface area contributed by atoms with Crippen molar-refractivity contribution in [3.05, 3.63) is 57.1 Å². The number of benzene rings is 2. The summed E-state index contributed by atoms with van der Waals surface area (Å²) >= 11 is 5.69. The fourth-order valence-corrected chi connectivity index (χ4v) is 3.28. The van der Waals surface area contributed by atoms with Crippen LogP contribution in [0.25, 0.3) is 0 Å². The molecule has 0 saturated heterocycles. The van der Waals surface area contributed by atoms with Crippen molar-refractivity contribution in [1.29, 1.82) is 0 Å². The van der Waals surface area contributed by atoms with Gasteiger partial charge in [0.15, 0.2) is 11.5 Å². The van der Waals surface area contributed by atoms with Crippen LogP contribution < -0.4 is 14.2 Å². The molecule has 0 aliphatic carbocycles. The number of methoxy groups -OCH3 is 2. The van der Waals surface area contributed by atoms with E-state index in [1.807, 2.05) is 0 Å². The minimum Gasteiger partial charge on any atom is -0.493 e. The summed E-state index contributed by atoms with van der Waals surface area (Å²) in [5, 5.41) is 10.8. The second kappa shape index (κ2) is 7.68. The van der Waals surface area contributed by atoms with E-state index in [1.165, 1.54) is 26.4 Å². The first-order valence-electron chi connectivity index (χ1n) is 6.93. The Kier molecular flexibility index (Phi) is 5.83. The Morgan fingerprint density at radius 2 is 1.80 bits per heavy atom. The molecule has 0 aromatic heterocycles. The van der Waals surface area contributed by atoms with Gasteiger partial charge in [-0.2, -0.15) is 0 Å². The molecule has 2 aromatic carbocycles. The molecule has 0 fully saturated rings. The molecule has 0 unspecified atom stereocenters. The molecule has 0 amide bonds. The van der Waals surface area contributed by atoms with Gasteiger partial charge >= 0.3 is 0 Å². The Bertz CT molecular complexity index is 901. The quantitative estimate of drug-likeness (QED) is 0.579. The zero-order valence-electron chi connectivity index (χ0n) is 13.4. The van der Waals surface area contributed by atoms with Crippen molar-refractivity contribution in [2.24, 2.45) is 0 Å². The van der Waals surface area contributed by atoms with Crippen LogP contribution in [0.1, 0.15) is 5.56 Å². The van der Waals surface area contributed by atoms with Crippen molar-refractivity contribution in [1.82, 2.24) is 4.72 Å². The van der Waals surface area contributed by atoms with E-state index in [9.17, 15) is 18.5 Å². The summed E-state index contributed by atoms with van der Waals surface area (Å²) < 4.78 is 37.3. The standard InChI is InChI=1S/C15H15ClN2O6S/c1-23-14-6-3-10(7-15(14)24-2)9-17-25(21,22)11-4-5-12(16)13(8-11)18(19)20/h3-8,17H,9H2,1-2H3. The highest BCUT2D eigenvalue weighted by molar-refractivity contribution is 7.89. The average molecular weight is 387 g/mol. The Hall–Kier alpha value is -2.36. The topological polar surface area (TPSA) is 108 Å². The third-order valence-corrected chi connectivity index (χ3v) is 5.06. The van der Waals surface area contributed by atoms with Crippen molar-refractivity contribution in [2.75, 3.05) is 14.2 Å². The van der Waals surface area contributed by atoms with Crippen LogP contribution in [0.15, 0.2) is 41.3 Å². The Morgan fingerprint density at radius 3 is 2.40 bits per heavy atom. The van der Waals surface area contributed by atoms with Crippen LogP contribution in [0, 0.1) is 10.1 Å². The summed E-state index contributed by atoms with van der Waals surface area (Å²) in [5.74, 6) is 0.976. The number of halogens is 1. The normalized spacial score (nSPS) is 11.2. The zero-order valence-corrected chi connectivity index (χ0v) is 14.9. The molecule has 2 aromatic rings. The van der Waals surface area contributed by atoms with Crippen molar-refractivity contribution in [3.63, 3.8) is 0 Å². The molecule has 0 aliphatic heterocycles. The first kappa shape index (κ1) is 19.0. The molecule has 2 rings (SSSR count). The van der Waals surface area contributed by atoms with E-state index in [-0.39, 0.29) is 16.5 Å². The van der Waals surface area contributed by atoms with Crippen LogP contribution >= 0.6 is 11.6 Å². The third kappa shape index (κ3) is 4.38. The first-order valence-corrected chi connectivity index (χ1v) is 8.79. The van der Waals surface area contributed by atoms with Gasteiger partial charge in [0, 0.05) is 12.6 Å². The number of hydrogen-bond donors (Lipinski definition) is 1. The summed E-state index contributed by atoms with van der Waals surface area (Å²) in [6, 6.07) is 8.24. The maximum absolute atomic E-state index is 12.3. The first-order chi connectivity index (χ1) is 11.8. The second-order valence-corrected chi connectivity index (χ2v) is 7.06. The number of nitrogens with one attached hydrogen (secondary N) is 1. The maximum atomic E-state index is 12.3. The summed E-state index contributed by atoms with van der Waals surface area (Å²) in [6.07, 6.45) is 0. The molecule has 0 atom stereocenters. The van der Waals surface area contributed by atoms with E-state index in [1.54, 1.807) is 18.2 Å². The lowest BCUT2D eigenvalue weighted by atomic mass is 10.2. The molecular weight excluding hydrogens is 372 g/mol. The van der Waals surface area contributed by atoms with Gasteiger partial charge in [-0.15, -0.1) is 0 Å². The molecule has 0 radical (unpaired) electrons. The number of sulfonamides is 1. The third-order valence-electron chi connectivity index (χ3n) is 3.34. The van der Waals surface area contributed by atoms with Gasteiger partial charge in [-0.25, -0.2) is 13.1 Å². The summed E-state index contributed by atoms with van der Waals surface area (Å²) in [6.45, 7) is -0.0287. The number of rotatable bonds is 7. The predicted octanol–water partition coefficient (Wildman–Crippen LogP) is 2.74. The number of hydrogen-bond acceptors (Lipinski definition) is 6. The van der Waals surface area contributed by atoms with Crippen molar-refractivity contribution >= 4 is 27.3 Å². The van der Waals surface area contributed by atoms with E-state index in [0.29, 0.717) is 17.1 Å². The SMILES string of the molecule is COc1ccc(CNS(=O)(=O)c2ccc(Cl)c([N+](=O)[O-])c2)cc1OC. The molecule has 0 heterocycles. The molecule has 25 heavy (non-hydrogen) atoms. The lowest BCUT2D eigenvalue weighted by molar-refractivity contribution is -0.384. The molecule has 8 nitrogen and oxygen atoms in total. The predicted molar refractivity (Wildman–Crippen MR) is 91.7 cm³/mol. The van der Waals surface area contributed by atoms with Crippen LogP contribution in [0.4, 0.5) is 5.69 Å². The maximum Gasteiger partial charge on any atom is 0.289 e. The monoisotopic (exact) mass is 386 g/mol. The zero-order chi connectivity index (χ0) is 18.6. The Labute approximate surface area is 149 Å². The van der Waals surface area contributed by atoms with Gasteiger partial charge in [-0.3, -0.25) is 10.1 Å². The van der Waals surface area contributed by atoms with E-state index < -0.39 is 20.6 Å². The second-order valence-electron chi connectivity index (χ2n) is 4.88. The highest BCUT2D eigenvalue weighted by Gasteiger charge is 2.20. The van der Waals surface area contributed by atoms with Gasteiger partial charge in [0.25, 0.3) is 5.69 Å². The van der Waals surface area contributed by atoms with Crippen LogP contribution in [0.2, 0.25) is 5.02 Å². The molecule has 134 valence electrons. The van der Waals surface area contributed by atoms with Crippen LogP contribution in [-0.2, 0) is 16.6 Å². The lowest BCUT2D eigenvalue weighted by Crippen LogP contribution is -2.23. The van der Waals surface area contributed by atoms with Crippen LogP contribution in [-0.4, -0.2) is 27.6 Å². The fourth-order valence-electron chi connectivity index (χ4n) is 2.05. The van der Waals surface area contributed by atoms with Crippen molar-refractivity contribution < 1.29 is 22.8 Å². The number of nitro groups is 1. The molecule has 0 spiro atoms. The minimum atomic E-state index is -3.95. The van der Waals surface area contributed by atoms with Gasteiger partial charge in [0.2, 0.25) is 10.0 Å². The van der Waals surface area contributed by atoms with Gasteiger partial charge < -0.3 is 9.47 Å². The van der Waals surface area contributed by atoms with Gasteiger partial charge in [-0.1, -0.05) is 17.7 Å². The molecular formula is C15H15ClN2O6S. The van der Waals surface area contributed by atoms with Crippen LogP contribution in [0.3, 0.4) is 0 Å². The van der Waals surface area contributed by atoms with Gasteiger partial charge in [0.1, 0.15) is 5.02 Å². The Morgan fingerprint density at radius 1 is 1.12 bits per heavy atom. The van der Waals surface area contributed by atoms with E-state index >= 15 is 0 Å². The minimum absolute atomic E-state index is 0.0287. The Balaban J connectivity index is 2.22. The summed E-state index contributed by atoms with van der Waals surface area (Å²) in [5.41, 5.74) is 0.153. The van der Waals surface area contributed by atoms with E-state index in [4.69, 9.17) is 21.1 Å². The molecule has 10 heteroatoms. The molecule has 0 bridgehead atoms. The highest BCUT2D eigenvalue weighted by Crippen LogP contribution is 2.29. The number of nitrogens with zero attached hydrogens (tertiary/aromatic N) is 1. The average Bonchev–Trinajstić information content (AvgIpc) is 2.59. The molecule has 0 aliphatic rings. The van der Waals surface area contributed by atoms with Crippen LogP contribution in [0.5, 0.6) is 11.5 Å². The summed E-state index contributed by atoms with van der Waals surface area (Å²) in [4.78, 5) is 9.90. The summed E-state index contributed by atoms with van der Waals surface area (Å²) in [7, 11) is -0.987. The number of ether oxygens (including phenoxy) is 2. The van der Waals surface area contributed by atoms with Gasteiger partial charge in [-0.05, 0) is 29.8 Å². The largest absolute Gasteiger partial charge is 0.493 e.